The minimum absolute atomic E-state index is 0.117. The molecule has 0 atom stereocenters. The first-order valence-electron chi connectivity index (χ1n) is 6.54. The summed E-state index contributed by atoms with van der Waals surface area (Å²) in [5.74, 6) is 0.117. The van der Waals surface area contributed by atoms with Crippen molar-refractivity contribution >= 4 is 9.84 Å². The van der Waals surface area contributed by atoms with Crippen LogP contribution in [0.2, 0.25) is 0 Å². The molecular weight excluding hydrogens is 260 g/mol. The van der Waals surface area contributed by atoms with Crippen molar-refractivity contribution in [3.63, 3.8) is 0 Å². The maximum absolute atomic E-state index is 12.2. The average Bonchev–Trinajstić information content (AvgIpc) is 3.24. The van der Waals surface area contributed by atoms with E-state index in [0.717, 1.165) is 6.54 Å². The minimum atomic E-state index is -3.30. The molecule has 5 heteroatoms. The van der Waals surface area contributed by atoms with E-state index in [0.29, 0.717) is 18.2 Å². The lowest BCUT2D eigenvalue weighted by Crippen LogP contribution is -2.31. The van der Waals surface area contributed by atoms with Crippen LogP contribution in [0.1, 0.15) is 25.3 Å². The number of hydrogen-bond donors (Lipinski definition) is 0. The second-order valence-electron chi connectivity index (χ2n) is 4.82. The maximum Gasteiger partial charge on any atom is 0.179 e. The fourth-order valence-electron chi connectivity index (χ4n) is 2.15. The van der Waals surface area contributed by atoms with Crippen molar-refractivity contribution in [2.75, 3.05) is 18.8 Å². The molecule has 0 unspecified atom stereocenters. The quantitative estimate of drug-likeness (QED) is 0.796. The second-order valence-corrected chi connectivity index (χ2v) is 6.93. The number of sulfone groups is 1. The molecular formula is C14H18N2O2S. The summed E-state index contributed by atoms with van der Waals surface area (Å²) in [5.41, 5.74) is 0.385. The van der Waals surface area contributed by atoms with Gasteiger partial charge in [0.25, 0.3) is 0 Å². The topological polar surface area (TPSA) is 61.2 Å². The van der Waals surface area contributed by atoms with E-state index >= 15 is 0 Å². The van der Waals surface area contributed by atoms with Gasteiger partial charge in [0.15, 0.2) is 9.84 Å². The van der Waals surface area contributed by atoms with E-state index in [1.807, 2.05) is 6.07 Å². The molecule has 0 aromatic heterocycles. The van der Waals surface area contributed by atoms with Crippen molar-refractivity contribution in [1.29, 1.82) is 5.26 Å². The highest BCUT2D eigenvalue weighted by molar-refractivity contribution is 7.91. The van der Waals surface area contributed by atoms with Gasteiger partial charge in [0.05, 0.1) is 22.3 Å². The Labute approximate surface area is 114 Å². The molecule has 0 radical (unpaired) electrons. The van der Waals surface area contributed by atoms with Crippen LogP contribution in [0.15, 0.2) is 29.2 Å². The molecule has 1 aromatic rings. The molecule has 0 spiro atoms. The van der Waals surface area contributed by atoms with Gasteiger partial charge in [-0.15, -0.1) is 0 Å². The number of nitriles is 1. The molecule has 1 saturated carbocycles. The predicted octanol–water partition coefficient (Wildman–Crippen LogP) is 1.82. The van der Waals surface area contributed by atoms with Crippen molar-refractivity contribution in [2.45, 2.75) is 30.7 Å². The fraction of sp³-hybridized carbons (Fsp3) is 0.500. The van der Waals surface area contributed by atoms with E-state index in [9.17, 15) is 8.42 Å². The lowest BCUT2D eigenvalue weighted by atomic mass is 10.2. The summed E-state index contributed by atoms with van der Waals surface area (Å²) >= 11 is 0. The van der Waals surface area contributed by atoms with Crippen LogP contribution in [0, 0.1) is 11.3 Å². The Hall–Kier alpha value is -1.38. The predicted molar refractivity (Wildman–Crippen MR) is 73.5 cm³/mol. The van der Waals surface area contributed by atoms with Gasteiger partial charge in [0.1, 0.15) is 0 Å². The maximum atomic E-state index is 12.2. The van der Waals surface area contributed by atoms with Crippen LogP contribution in [0.5, 0.6) is 0 Å². The third kappa shape index (κ3) is 3.55. The van der Waals surface area contributed by atoms with Gasteiger partial charge < -0.3 is 0 Å². The lowest BCUT2D eigenvalue weighted by molar-refractivity contribution is 0.294. The van der Waals surface area contributed by atoms with E-state index in [1.165, 1.54) is 18.9 Å². The van der Waals surface area contributed by atoms with Gasteiger partial charge in [-0.1, -0.05) is 13.0 Å². The molecule has 102 valence electrons. The normalized spacial score (nSPS) is 15.4. The molecule has 0 heterocycles. The smallest absolute Gasteiger partial charge is 0.179 e. The SMILES string of the molecule is CCN(CCS(=O)(=O)c1cccc(C#N)c1)C1CC1. The van der Waals surface area contributed by atoms with Crippen LogP contribution in [0.4, 0.5) is 0 Å². The minimum Gasteiger partial charge on any atom is -0.300 e. The summed E-state index contributed by atoms with van der Waals surface area (Å²) in [5, 5.41) is 8.81. The molecule has 4 nitrogen and oxygen atoms in total. The molecule has 1 aliphatic rings. The van der Waals surface area contributed by atoms with Gasteiger partial charge in [-0.25, -0.2) is 8.42 Å². The van der Waals surface area contributed by atoms with Crippen molar-refractivity contribution in [3.05, 3.63) is 29.8 Å². The Balaban J connectivity index is 2.07. The zero-order valence-electron chi connectivity index (χ0n) is 11.0. The molecule has 1 aliphatic carbocycles. The summed E-state index contributed by atoms with van der Waals surface area (Å²) in [4.78, 5) is 2.46. The van der Waals surface area contributed by atoms with Gasteiger partial charge in [0, 0.05) is 12.6 Å². The van der Waals surface area contributed by atoms with Crippen molar-refractivity contribution < 1.29 is 8.42 Å². The van der Waals surface area contributed by atoms with Crippen LogP contribution in [-0.4, -0.2) is 38.2 Å². The van der Waals surface area contributed by atoms with Gasteiger partial charge in [-0.2, -0.15) is 5.26 Å². The Morgan fingerprint density at radius 3 is 2.74 bits per heavy atom. The molecule has 0 N–H and O–H groups in total. The molecule has 2 rings (SSSR count). The number of benzene rings is 1. The monoisotopic (exact) mass is 278 g/mol. The Kier molecular flexibility index (Phi) is 4.23. The Morgan fingerprint density at radius 2 is 2.16 bits per heavy atom. The van der Waals surface area contributed by atoms with E-state index in [1.54, 1.807) is 18.2 Å². The number of nitrogens with zero attached hydrogens (tertiary/aromatic N) is 2. The lowest BCUT2D eigenvalue weighted by Gasteiger charge is -2.19. The fourth-order valence-corrected chi connectivity index (χ4v) is 3.46. The third-order valence-electron chi connectivity index (χ3n) is 3.44. The largest absolute Gasteiger partial charge is 0.300 e. The Bertz CT molecular complexity index is 586. The summed E-state index contributed by atoms with van der Waals surface area (Å²) in [7, 11) is -3.30. The van der Waals surface area contributed by atoms with E-state index in [4.69, 9.17) is 5.26 Å². The van der Waals surface area contributed by atoms with Crippen LogP contribution in [0.25, 0.3) is 0 Å². The zero-order valence-corrected chi connectivity index (χ0v) is 11.9. The first-order valence-corrected chi connectivity index (χ1v) is 8.19. The van der Waals surface area contributed by atoms with E-state index in [-0.39, 0.29) is 10.6 Å². The Morgan fingerprint density at radius 1 is 1.42 bits per heavy atom. The average molecular weight is 278 g/mol. The summed E-state index contributed by atoms with van der Waals surface area (Å²) in [6.45, 7) is 3.51. The molecule has 0 amide bonds. The van der Waals surface area contributed by atoms with E-state index < -0.39 is 9.84 Å². The van der Waals surface area contributed by atoms with Crippen LogP contribution < -0.4 is 0 Å². The van der Waals surface area contributed by atoms with Crippen molar-refractivity contribution in [2.24, 2.45) is 0 Å². The molecule has 0 saturated heterocycles. The standard InChI is InChI=1S/C14H18N2O2S/c1-2-16(13-6-7-13)8-9-19(17,18)14-5-3-4-12(10-14)11-15/h3-5,10,13H,2,6-9H2,1H3. The van der Waals surface area contributed by atoms with Crippen molar-refractivity contribution in [3.8, 4) is 6.07 Å². The molecule has 19 heavy (non-hydrogen) atoms. The molecule has 1 aromatic carbocycles. The van der Waals surface area contributed by atoms with E-state index in [2.05, 4.69) is 11.8 Å². The van der Waals surface area contributed by atoms with Crippen LogP contribution in [-0.2, 0) is 9.84 Å². The third-order valence-corrected chi connectivity index (χ3v) is 5.13. The zero-order chi connectivity index (χ0) is 13.9. The number of rotatable bonds is 6. The number of hydrogen-bond acceptors (Lipinski definition) is 4. The highest BCUT2D eigenvalue weighted by atomic mass is 32.2. The van der Waals surface area contributed by atoms with Crippen LogP contribution >= 0.6 is 0 Å². The van der Waals surface area contributed by atoms with Crippen LogP contribution in [0.3, 0.4) is 0 Å². The highest BCUT2D eigenvalue weighted by Crippen LogP contribution is 2.26. The summed E-state index contributed by atoms with van der Waals surface area (Å²) in [6.07, 6.45) is 2.36. The molecule has 0 aliphatic heterocycles. The first kappa shape index (κ1) is 14.0. The van der Waals surface area contributed by atoms with Gasteiger partial charge in [-0.3, -0.25) is 4.90 Å². The van der Waals surface area contributed by atoms with Gasteiger partial charge in [0.2, 0.25) is 0 Å². The summed E-state index contributed by atoms with van der Waals surface area (Å²) < 4.78 is 24.5. The molecule has 1 fully saturated rings. The summed E-state index contributed by atoms with van der Waals surface area (Å²) in [6, 6.07) is 8.78. The molecule has 0 bridgehead atoms. The van der Waals surface area contributed by atoms with Crippen molar-refractivity contribution in [1.82, 2.24) is 4.90 Å². The first-order chi connectivity index (χ1) is 9.06. The second kappa shape index (κ2) is 5.72. The highest BCUT2D eigenvalue weighted by Gasteiger charge is 2.28. The van der Waals surface area contributed by atoms with Gasteiger partial charge in [-0.05, 0) is 37.6 Å². The van der Waals surface area contributed by atoms with Gasteiger partial charge >= 0.3 is 0 Å².